The minimum absolute atomic E-state index is 0.143. The zero-order chi connectivity index (χ0) is 25.1. The first-order valence-electron chi connectivity index (χ1n) is 11.9. The van der Waals surface area contributed by atoms with Gasteiger partial charge in [0.15, 0.2) is 0 Å². The first kappa shape index (κ1) is 22.0. The zero-order valence-electron chi connectivity index (χ0n) is 20.9. The number of ether oxygens (including phenoxy) is 1. The summed E-state index contributed by atoms with van der Waals surface area (Å²) in [4.78, 5) is 14.1. The fourth-order valence-corrected chi connectivity index (χ4v) is 4.92. The van der Waals surface area contributed by atoms with E-state index in [1.165, 1.54) is 5.56 Å². The van der Waals surface area contributed by atoms with Crippen LogP contribution in [0.4, 0.5) is 0 Å². The van der Waals surface area contributed by atoms with E-state index in [2.05, 4.69) is 43.3 Å². The third-order valence-corrected chi connectivity index (χ3v) is 6.83. The average molecular weight is 475 g/mol. The number of fused-ring (bicyclic) bond motifs is 4. The van der Waals surface area contributed by atoms with Gasteiger partial charge in [0, 0.05) is 40.7 Å². The quantitative estimate of drug-likeness (QED) is 0.295. The molecule has 0 aliphatic heterocycles. The molecule has 0 amide bonds. The summed E-state index contributed by atoms with van der Waals surface area (Å²) >= 11 is 0. The number of benzene rings is 2. The molecular formula is C30H26N4O2. The van der Waals surface area contributed by atoms with Crippen LogP contribution in [-0.4, -0.2) is 24.6 Å². The highest BCUT2D eigenvalue weighted by Gasteiger charge is 2.19. The van der Waals surface area contributed by atoms with Gasteiger partial charge in [-0.25, -0.2) is 15.0 Å². The monoisotopic (exact) mass is 474 g/mol. The molecule has 0 bridgehead atoms. The number of aromatic nitrogens is 4. The number of phenolic OH excluding ortho intramolecular Hbond substituents is 1. The lowest BCUT2D eigenvalue weighted by Crippen LogP contribution is -2.00. The van der Waals surface area contributed by atoms with Crippen molar-refractivity contribution in [3.63, 3.8) is 0 Å². The van der Waals surface area contributed by atoms with E-state index in [0.29, 0.717) is 17.1 Å². The molecule has 0 aliphatic carbocycles. The van der Waals surface area contributed by atoms with Gasteiger partial charge in [0.2, 0.25) is 5.88 Å². The van der Waals surface area contributed by atoms with Gasteiger partial charge in [-0.3, -0.25) is 4.57 Å². The fraction of sp³-hybridized carbons (Fsp3) is 0.167. The van der Waals surface area contributed by atoms with Gasteiger partial charge < -0.3 is 9.84 Å². The maximum atomic E-state index is 10.4. The van der Waals surface area contributed by atoms with Crippen LogP contribution in [0.25, 0.3) is 38.7 Å². The van der Waals surface area contributed by atoms with Crippen molar-refractivity contribution in [2.24, 2.45) is 0 Å². The van der Waals surface area contributed by atoms with Crippen LogP contribution in [0.2, 0.25) is 0 Å². The molecule has 178 valence electrons. The van der Waals surface area contributed by atoms with E-state index in [4.69, 9.17) is 14.7 Å². The van der Waals surface area contributed by atoms with Crippen LogP contribution in [0, 0.1) is 34.6 Å². The molecule has 0 aliphatic rings. The summed E-state index contributed by atoms with van der Waals surface area (Å²) in [7, 11) is 0. The summed E-state index contributed by atoms with van der Waals surface area (Å²) < 4.78 is 8.35. The Morgan fingerprint density at radius 3 is 2.42 bits per heavy atom. The second-order valence-corrected chi connectivity index (χ2v) is 9.53. The molecule has 0 saturated heterocycles. The van der Waals surface area contributed by atoms with E-state index < -0.39 is 0 Å². The number of aromatic hydroxyl groups is 1. The minimum atomic E-state index is 0.143. The van der Waals surface area contributed by atoms with Gasteiger partial charge in [-0.2, -0.15) is 0 Å². The van der Waals surface area contributed by atoms with Crippen LogP contribution >= 0.6 is 0 Å². The average Bonchev–Trinajstić information content (AvgIpc) is 3.17. The van der Waals surface area contributed by atoms with E-state index in [1.54, 1.807) is 6.07 Å². The summed E-state index contributed by atoms with van der Waals surface area (Å²) in [5.74, 6) is 2.03. The molecule has 36 heavy (non-hydrogen) atoms. The highest BCUT2D eigenvalue weighted by molar-refractivity contribution is 6.11. The predicted octanol–water partition coefficient (Wildman–Crippen LogP) is 7.16. The van der Waals surface area contributed by atoms with Crippen molar-refractivity contribution < 1.29 is 9.84 Å². The van der Waals surface area contributed by atoms with E-state index in [1.807, 2.05) is 55.7 Å². The molecule has 0 saturated carbocycles. The molecule has 0 spiro atoms. The van der Waals surface area contributed by atoms with Crippen molar-refractivity contribution in [3.8, 4) is 23.2 Å². The Labute approximate surface area is 208 Å². The van der Waals surface area contributed by atoms with Gasteiger partial charge >= 0.3 is 0 Å². The van der Waals surface area contributed by atoms with Gasteiger partial charge in [0.05, 0.1) is 5.52 Å². The van der Waals surface area contributed by atoms with E-state index >= 15 is 0 Å². The van der Waals surface area contributed by atoms with Gasteiger partial charge in [0.25, 0.3) is 0 Å². The fourth-order valence-electron chi connectivity index (χ4n) is 4.92. The molecule has 6 nitrogen and oxygen atoms in total. The van der Waals surface area contributed by atoms with Gasteiger partial charge in [-0.05, 0) is 98.8 Å². The molecular weight excluding hydrogens is 448 g/mol. The Morgan fingerprint density at radius 1 is 0.778 bits per heavy atom. The van der Waals surface area contributed by atoms with Crippen LogP contribution < -0.4 is 4.74 Å². The van der Waals surface area contributed by atoms with Gasteiger partial charge in [0.1, 0.15) is 28.5 Å². The molecule has 0 atom stereocenters. The highest BCUT2D eigenvalue weighted by Crippen LogP contribution is 2.38. The molecule has 2 aromatic carbocycles. The first-order valence-corrected chi connectivity index (χ1v) is 11.9. The standard InChI is InChI=1S/C30H26N4O2/c1-16-10-21-6-7-26(33-29(21)24(35)11-16)36-22-12-19(4)27-23(14-22)34(25-13-18(3)20(5)15-32-25)30-28(27)17(2)8-9-31-30/h6-15,35H,1-5H3. The van der Waals surface area contributed by atoms with Crippen molar-refractivity contribution >= 4 is 32.8 Å². The molecule has 6 aromatic rings. The van der Waals surface area contributed by atoms with Crippen molar-refractivity contribution in [2.75, 3.05) is 0 Å². The summed E-state index contributed by atoms with van der Waals surface area (Å²) in [5.41, 5.74) is 7.88. The number of hydrogen-bond donors (Lipinski definition) is 1. The van der Waals surface area contributed by atoms with E-state index in [9.17, 15) is 5.11 Å². The maximum absolute atomic E-state index is 10.4. The van der Waals surface area contributed by atoms with Crippen LogP contribution in [0.15, 0.2) is 60.9 Å². The minimum Gasteiger partial charge on any atom is -0.506 e. The lowest BCUT2D eigenvalue weighted by atomic mass is 10.1. The first-order chi connectivity index (χ1) is 17.3. The number of phenols is 1. The van der Waals surface area contributed by atoms with Crippen molar-refractivity contribution in [1.29, 1.82) is 0 Å². The lowest BCUT2D eigenvalue weighted by Gasteiger charge is -2.11. The van der Waals surface area contributed by atoms with Crippen molar-refractivity contribution in [3.05, 3.63) is 88.7 Å². The Hall–Kier alpha value is -4.45. The van der Waals surface area contributed by atoms with E-state index in [-0.39, 0.29) is 5.75 Å². The van der Waals surface area contributed by atoms with Gasteiger partial charge in [-0.1, -0.05) is 0 Å². The Kier molecular flexibility index (Phi) is 4.93. The molecule has 6 rings (SSSR count). The molecule has 1 N–H and O–H groups in total. The highest BCUT2D eigenvalue weighted by atomic mass is 16.5. The van der Waals surface area contributed by atoms with Crippen LogP contribution in [0.3, 0.4) is 0 Å². The van der Waals surface area contributed by atoms with Crippen LogP contribution in [0.5, 0.6) is 17.4 Å². The largest absolute Gasteiger partial charge is 0.506 e. The number of hydrogen-bond acceptors (Lipinski definition) is 5. The molecule has 0 radical (unpaired) electrons. The number of aryl methyl sites for hydroxylation is 5. The van der Waals surface area contributed by atoms with Crippen LogP contribution in [0.1, 0.15) is 27.8 Å². The maximum Gasteiger partial charge on any atom is 0.219 e. The molecule has 0 unspecified atom stereocenters. The SMILES string of the molecule is Cc1cc(O)c2nc(Oc3cc(C)c4c5c(C)ccnc5n(-c5cc(C)c(C)cn5)c4c3)ccc2c1. The summed E-state index contributed by atoms with van der Waals surface area (Å²) in [6, 6.07) is 15.6. The zero-order valence-corrected chi connectivity index (χ0v) is 20.9. The summed E-state index contributed by atoms with van der Waals surface area (Å²) in [6.45, 7) is 10.3. The predicted molar refractivity (Wildman–Crippen MR) is 144 cm³/mol. The summed E-state index contributed by atoms with van der Waals surface area (Å²) in [6.07, 6.45) is 3.74. The molecule has 4 aromatic heterocycles. The molecule has 0 fully saturated rings. The van der Waals surface area contributed by atoms with Crippen molar-refractivity contribution in [2.45, 2.75) is 34.6 Å². The number of nitrogens with zero attached hydrogens (tertiary/aromatic N) is 4. The number of pyridine rings is 3. The Balaban J connectivity index is 1.57. The Morgan fingerprint density at radius 2 is 1.61 bits per heavy atom. The Bertz CT molecular complexity index is 1840. The lowest BCUT2D eigenvalue weighted by molar-refractivity contribution is 0.460. The van der Waals surface area contributed by atoms with E-state index in [0.717, 1.165) is 55.4 Å². The van der Waals surface area contributed by atoms with Crippen molar-refractivity contribution in [1.82, 2.24) is 19.5 Å². The third kappa shape index (κ3) is 3.45. The van der Waals surface area contributed by atoms with Crippen LogP contribution in [-0.2, 0) is 0 Å². The normalized spacial score (nSPS) is 11.6. The number of rotatable bonds is 3. The smallest absolute Gasteiger partial charge is 0.219 e. The molecule has 4 heterocycles. The van der Waals surface area contributed by atoms with Gasteiger partial charge in [-0.15, -0.1) is 0 Å². The summed E-state index contributed by atoms with van der Waals surface area (Å²) in [5, 5.41) is 13.5. The second-order valence-electron chi connectivity index (χ2n) is 9.53. The molecule has 6 heteroatoms. The second kappa shape index (κ2) is 8.05. The third-order valence-electron chi connectivity index (χ3n) is 6.83. The topological polar surface area (TPSA) is 73.1 Å².